The average molecular weight is 254 g/mol. The van der Waals surface area contributed by atoms with Crippen molar-refractivity contribution in [1.82, 2.24) is 10.2 Å². The second-order valence-electron chi connectivity index (χ2n) is 3.32. The van der Waals surface area contributed by atoms with E-state index in [0.29, 0.717) is 5.89 Å². The Morgan fingerprint density at radius 2 is 2.41 bits per heavy atom. The van der Waals surface area contributed by atoms with E-state index in [-0.39, 0.29) is 19.1 Å². The van der Waals surface area contributed by atoms with Crippen LogP contribution in [0, 0.1) is 6.92 Å². The van der Waals surface area contributed by atoms with Crippen molar-refractivity contribution in [3.63, 3.8) is 0 Å². The number of carboxylic acids is 1. The van der Waals surface area contributed by atoms with Crippen molar-refractivity contribution in [2.45, 2.75) is 13.5 Å². The molecule has 2 aromatic heterocycles. The van der Waals surface area contributed by atoms with Gasteiger partial charge in [0.25, 0.3) is 5.89 Å². The molecule has 17 heavy (non-hydrogen) atoms. The number of rotatable bonds is 5. The first-order valence-corrected chi connectivity index (χ1v) is 5.71. The van der Waals surface area contributed by atoms with Gasteiger partial charge in [-0.25, -0.2) is 4.79 Å². The van der Waals surface area contributed by atoms with Crippen LogP contribution in [0.2, 0.25) is 0 Å². The molecule has 0 aliphatic heterocycles. The summed E-state index contributed by atoms with van der Waals surface area (Å²) in [6, 6.07) is 1.96. The number of hydrogen-bond acceptors (Lipinski definition) is 6. The summed E-state index contributed by atoms with van der Waals surface area (Å²) < 4.78 is 10.2. The molecule has 0 spiro atoms. The zero-order chi connectivity index (χ0) is 12.3. The van der Waals surface area contributed by atoms with Gasteiger partial charge in [-0.3, -0.25) is 0 Å². The zero-order valence-electron chi connectivity index (χ0n) is 9.04. The molecular formula is C10H10N2O4S. The summed E-state index contributed by atoms with van der Waals surface area (Å²) in [6.07, 6.45) is 0. The maximum absolute atomic E-state index is 10.2. The van der Waals surface area contributed by atoms with Crippen molar-refractivity contribution in [2.24, 2.45) is 0 Å². The second kappa shape index (κ2) is 5.07. The summed E-state index contributed by atoms with van der Waals surface area (Å²) in [5, 5.41) is 18.0. The number of aromatic nitrogens is 2. The van der Waals surface area contributed by atoms with Crippen molar-refractivity contribution in [3.8, 4) is 10.8 Å². The monoisotopic (exact) mass is 254 g/mol. The van der Waals surface area contributed by atoms with E-state index >= 15 is 0 Å². The van der Waals surface area contributed by atoms with E-state index in [1.807, 2.05) is 18.4 Å². The first kappa shape index (κ1) is 11.7. The summed E-state index contributed by atoms with van der Waals surface area (Å²) in [7, 11) is 0. The summed E-state index contributed by atoms with van der Waals surface area (Å²) in [5.41, 5.74) is 1.07. The fourth-order valence-electron chi connectivity index (χ4n) is 1.22. The van der Waals surface area contributed by atoms with Gasteiger partial charge in [0.1, 0.15) is 13.2 Å². The molecule has 0 unspecified atom stereocenters. The second-order valence-corrected chi connectivity index (χ2v) is 4.24. The lowest BCUT2D eigenvalue weighted by molar-refractivity contribution is -0.142. The fraction of sp³-hybridized carbons (Fsp3) is 0.300. The minimum atomic E-state index is -1.03. The topological polar surface area (TPSA) is 85.5 Å². The molecule has 0 radical (unpaired) electrons. The Morgan fingerprint density at radius 1 is 1.59 bits per heavy atom. The largest absolute Gasteiger partial charge is 0.480 e. The summed E-state index contributed by atoms with van der Waals surface area (Å²) in [4.78, 5) is 11.2. The number of thiophene rings is 1. The number of carbonyl (C=O) groups is 1. The Hall–Kier alpha value is -1.73. The Kier molecular flexibility index (Phi) is 3.50. The molecule has 0 fully saturated rings. The zero-order valence-corrected chi connectivity index (χ0v) is 9.86. The molecule has 0 aliphatic carbocycles. The highest BCUT2D eigenvalue weighted by Gasteiger charge is 2.12. The molecule has 2 heterocycles. The van der Waals surface area contributed by atoms with Crippen LogP contribution < -0.4 is 0 Å². The number of aliphatic carboxylic acids is 1. The van der Waals surface area contributed by atoms with E-state index in [1.165, 1.54) is 11.3 Å². The Bertz CT molecular complexity index is 520. The first-order chi connectivity index (χ1) is 8.16. The van der Waals surface area contributed by atoms with Crippen molar-refractivity contribution < 1.29 is 19.1 Å². The van der Waals surface area contributed by atoms with E-state index < -0.39 is 5.97 Å². The molecule has 2 aromatic rings. The molecule has 0 bridgehead atoms. The predicted octanol–water partition coefficient (Wildman–Crippen LogP) is 1.71. The van der Waals surface area contributed by atoms with Crippen LogP contribution in [0.1, 0.15) is 11.5 Å². The van der Waals surface area contributed by atoms with Crippen LogP contribution in [0.5, 0.6) is 0 Å². The molecule has 7 heteroatoms. The smallest absolute Gasteiger partial charge is 0.329 e. The van der Waals surface area contributed by atoms with Gasteiger partial charge in [-0.1, -0.05) is 0 Å². The SMILES string of the molecule is Cc1ccsc1-c1nnc(COCC(=O)O)o1. The molecule has 0 saturated heterocycles. The lowest BCUT2D eigenvalue weighted by atomic mass is 10.3. The van der Waals surface area contributed by atoms with Crippen molar-refractivity contribution >= 4 is 17.3 Å². The van der Waals surface area contributed by atoms with Crippen LogP contribution >= 0.6 is 11.3 Å². The molecule has 0 atom stereocenters. The third kappa shape index (κ3) is 2.89. The maximum atomic E-state index is 10.2. The standard InChI is InChI=1S/C10H10N2O4S/c1-6-2-3-17-9(6)10-12-11-7(16-10)4-15-5-8(13)14/h2-3H,4-5H2,1H3,(H,13,14). The van der Waals surface area contributed by atoms with Crippen molar-refractivity contribution in [1.29, 1.82) is 0 Å². The number of aryl methyl sites for hydroxylation is 1. The number of hydrogen-bond donors (Lipinski definition) is 1. The predicted molar refractivity (Wildman–Crippen MR) is 59.6 cm³/mol. The lowest BCUT2D eigenvalue weighted by Gasteiger charge is -1.95. The van der Waals surface area contributed by atoms with E-state index in [4.69, 9.17) is 14.3 Å². The highest BCUT2D eigenvalue weighted by atomic mass is 32.1. The third-order valence-corrected chi connectivity index (χ3v) is 2.98. The molecule has 0 saturated carbocycles. The van der Waals surface area contributed by atoms with E-state index in [2.05, 4.69) is 10.2 Å². The summed E-state index contributed by atoms with van der Waals surface area (Å²) in [5.74, 6) is -0.320. The van der Waals surface area contributed by atoms with Crippen LogP contribution in [0.3, 0.4) is 0 Å². The van der Waals surface area contributed by atoms with Crippen LogP contribution in [0.15, 0.2) is 15.9 Å². The molecule has 1 N–H and O–H groups in total. The summed E-state index contributed by atoms with van der Waals surface area (Å²) in [6.45, 7) is 1.58. The number of carboxylic acid groups (broad SMARTS) is 1. The van der Waals surface area contributed by atoms with E-state index in [1.54, 1.807) is 0 Å². The molecule has 6 nitrogen and oxygen atoms in total. The highest BCUT2D eigenvalue weighted by Crippen LogP contribution is 2.27. The van der Waals surface area contributed by atoms with Gasteiger partial charge in [0, 0.05) is 0 Å². The molecule has 0 amide bonds. The van der Waals surface area contributed by atoms with Crippen LogP contribution in [0.4, 0.5) is 0 Å². The quantitative estimate of drug-likeness (QED) is 0.874. The maximum Gasteiger partial charge on any atom is 0.329 e. The molecule has 0 aliphatic rings. The van der Waals surface area contributed by atoms with Gasteiger partial charge in [-0.15, -0.1) is 21.5 Å². The minimum absolute atomic E-state index is 0.00369. The van der Waals surface area contributed by atoms with Crippen LogP contribution in [-0.4, -0.2) is 27.9 Å². The third-order valence-electron chi connectivity index (χ3n) is 1.97. The van der Waals surface area contributed by atoms with Crippen LogP contribution in [-0.2, 0) is 16.1 Å². The van der Waals surface area contributed by atoms with Gasteiger partial charge in [0.2, 0.25) is 5.89 Å². The highest BCUT2D eigenvalue weighted by molar-refractivity contribution is 7.13. The van der Waals surface area contributed by atoms with E-state index in [0.717, 1.165) is 10.4 Å². The summed E-state index contributed by atoms with van der Waals surface area (Å²) >= 11 is 1.51. The normalized spacial score (nSPS) is 10.6. The Balaban J connectivity index is 2.01. The van der Waals surface area contributed by atoms with Crippen molar-refractivity contribution in [3.05, 3.63) is 22.9 Å². The van der Waals surface area contributed by atoms with Gasteiger partial charge in [0.05, 0.1) is 4.88 Å². The molecule has 0 aromatic carbocycles. The lowest BCUT2D eigenvalue weighted by Crippen LogP contribution is -2.06. The molecule has 90 valence electrons. The Morgan fingerprint density at radius 3 is 3.06 bits per heavy atom. The molecular weight excluding hydrogens is 244 g/mol. The van der Waals surface area contributed by atoms with E-state index in [9.17, 15) is 4.79 Å². The average Bonchev–Trinajstić information content (AvgIpc) is 2.86. The van der Waals surface area contributed by atoms with Gasteiger partial charge < -0.3 is 14.3 Å². The van der Waals surface area contributed by atoms with Gasteiger partial charge in [-0.05, 0) is 23.9 Å². The van der Waals surface area contributed by atoms with Gasteiger partial charge in [-0.2, -0.15) is 0 Å². The molecule has 2 rings (SSSR count). The van der Waals surface area contributed by atoms with Gasteiger partial charge in [0.15, 0.2) is 0 Å². The Labute approximate surface area is 101 Å². The van der Waals surface area contributed by atoms with Gasteiger partial charge >= 0.3 is 5.97 Å². The number of ether oxygens (including phenoxy) is 1. The first-order valence-electron chi connectivity index (χ1n) is 4.83. The van der Waals surface area contributed by atoms with Crippen molar-refractivity contribution in [2.75, 3.05) is 6.61 Å². The number of nitrogens with zero attached hydrogens (tertiary/aromatic N) is 2. The van der Waals surface area contributed by atoms with Crippen LogP contribution in [0.25, 0.3) is 10.8 Å². The fourth-order valence-corrected chi connectivity index (χ4v) is 2.07. The minimum Gasteiger partial charge on any atom is -0.480 e.